The van der Waals surface area contributed by atoms with E-state index in [2.05, 4.69) is 26.5 Å². The lowest BCUT2D eigenvalue weighted by molar-refractivity contribution is 0.0955. The molecular formula is C17H16BrClN2O3. The summed E-state index contributed by atoms with van der Waals surface area (Å²) in [6.07, 6.45) is 1.45. The number of hydrogen-bond acceptors (Lipinski definition) is 4. The average molecular weight is 412 g/mol. The van der Waals surface area contributed by atoms with E-state index in [0.717, 1.165) is 5.56 Å². The van der Waals surface area contributed by atoms with Crippen LogP contribution in [0, 0.1) is 6.92 Å². The fourth-order valence-electron chi connectivity index (χ4n) is 1.95. The number of nitrogens with one attached hydrogen (secondary N) is 1. The van der Waals surface area contributed by atoms with E-state index in [1.807, 2.05) is 13.8 Å². The van der Waals surface area contributed by atoms with Gasteiger partial charge in [0.25, 0.3) is 5.91 Å². The van der Waals surface area contributed by atoms with Gasteiger partial charge in [-0.05, 0) is 59.6 Å². The molecule has 24 heavy (non-hydrogen) atoms. The Hall–Kier alpha value is -2.05. The second-order valence-electron chi connectivity index (χ2n) is 4.96. The Labute approximate surface area is 153 Å². The third kappa shape index (κ3) is 4.49. The number of aromatic hydroxyl groups is 1. The quantitative estimate of drug-likeness (QED) is 0.570. The highest BCUT2D eigenvalue weighted by Crippen LogP contribution is 2.31. The van der Waals surface area contributed by atoms with Crippen LogP contribution in [0.1, 0.15) is 28.4 Å². The van der Waals surface area contributed by atoms with E-state index in [-0.39, 0.29) is 5.75 Å². The van der Waals surface area contributed by atoms with Crippen molar-refractivity contribution in [3.05, 3.63) is 56.5 Å². The Morgan fingerprint density at radius 3 is 2.83 bits per heavy atom. The fourth-order valence-corrected chi connectivity index (χ4v) is 2.71. The summed E-state index contributed by atoms with van der Waals surface area (Å²) in [6, 6.07) is 8.29. The van der Waals surface area contributed by atoms with E-state index < -0.39 is 5.91 Å². The van der Waals surface area contributed by atoms with Gasteiger partial charge in [-0.15, -0.1) is 0 Å². The highest BCUT2D eigenvalue weighted by Gasteiger charge is 2.10. The predicted octanol–water partition coefficient (Wildman–Crippen LogP) is 4.28. The Kier molecular flexibility index (Phi) is 6.23. The molecule has 2 N–H and O–H groups in total. The van der Waals surface area contributed by atoms with Crippen molar-refractivity contribution in [3.63, 3.8) is 0 Å². The Morgan fingerprint density at radius 2 is 2.17 bits per heavy atom. The Balaban J connectivity index is 2.13. The van der Waals surface area contributed by atoms with Crippen molar-refractivity contribution in [2.24, 2.45) is 5.10 Å². The van der Waals surface area contributed by atoms with Gasteiger partial charge in [-0.3, -0.25) is 4.79 Å². The summed E-state index contributed by atoms with van der Waals surface area (Å²) in [6.45, 7) is 4.14. The summed E-state index contributed by atoms with van der Waals surface area (Å²) in [4.78, 5) is 12.1. The van der Waals surface area contributed by atoms with Gasteiger partial charge < -0.3 is 9.84 Å². The molecule has 0 spiro atoms. The first-order chi connectivity index (χ1) is 11.4. The third-order valence-corrected chi connectivity index (χ3v) is 4.12. The average Bonchev–Trinajstić information content (AvgIpc) is 2.51. The molecule has 0 atom stereocenters. The second kappa shape index (κ2) is 8.17. The molecular weight excluding hydrogens is 396 g/mol. The number of hydrazone groups is 1. The van der Waals surface area contributed by atoms with Gasteiger partial charge in [0.15, 0.2) is 11.5 Å². The minimum atomic E-state index is -0.406. The molecule has 126 valence electrons. The van der Waals surface area contributed by atoms with E-state index in [4.69, 9.17) is 16.3 Å². The molecule has 0 radical (unpaired) electrons. The van der Waals surface area contributed by atoms with Crippen LogP contribution in [0.5, 0.6) is 11.5 Å². The lowest BCUT2D eigenvalue weighted by Gasteiger charge is -2.08. The monoisotopic (exact) mass is 410 g/mol. The van der Waals surface area contributed by atoms with E-state index in [1.165, 1.54) is 12.3 Å². The van der Waals surface area contributed by atoms with Crippen LogP contribution < -0.4 is 10.2 Å². The smallest absolute Gasteiger partial charge is 0.272 e. The van der Waals surface area contributed by atoms with Gasteiger partial charge in [0.2, 0.25) is 0 Å². The highest BCUT2D eigenvalue weighted by atomic mass is 79.9. The number of hydrogen-bond donors (Lipinski definition) is 2. The van der Waals surface area contributed by atoms with E-state index in [1.54, 1.807) is 24.3 Å². The van der Waals surface area contributed by atoms with Gasteiger partial charge in [-0.25, -0.2) is 5.43 Å². The second-order valence-corrected chi connectivity index (χ2v) is 6.22. The molecule has 0 bridgehead atoms. The predicted molar refractivity (Wildman–Crippen MR) is 98.2 cm³/mol. The lowest BCUT2D eigenvalue weighted by Crippen LogP contribution is -2.18. The molecule has 0 saturated carbocycles. The number of nitrogens with zero attached hydrogens (tertiary/aromatic N) is 1. The number of phenols is 1. The van der Waals surface area contributed by atoms with E-state index in [0.29, 0.717) is 33.0 Å². The molecule has 2 aromatic carbocycles. The summed E-state index contributed by atoms with van der Waals surface area (Å²) >= 11 is 9.38. The van der Waals surface area contributed by atoms with Gasteiger partial charge >= 0.3 is 0 Å². The summed E-state index contributed by atoms with van der Waals surface area (Å²) in [5, 5.41) is 14.1. The normalized spacial score (nSPS) is 10.8. The van der Waals surface area contributed by atoms with Crippen LogP contribution in [0.4, 0.5) is 0 Å². The Morgan fingerprint density at radius 1 is 1.42 bits per heavy atom. The SMILES string of the molecule is CCOc1cc(/C=N\NC(=O)c2ccc(C)cc2Cl)c(Br)cc1O. The number of phenolic OH excluding ortho intramolecular Hbond substituents is 1. The summed E-state index contributed by atoms with van der Waals surface area (Å²) in [5.41, 5.74) is 4.38. The third-order valence-electron chi connectivity index (χ3n) is 3.12. The van der Waals surface area contributed by atoms with E-state index >= 15 is 0 Å². The molecule has 0 heterocycles. The first-order valence-electron chi connectivity index (χ1n) is 7.17. The molecule has 7 heteroatoms. The van der Waals surface area contributed by atoms with Gasteiger partial charge in [0.1, 0.15) is 0 Å². The number of aryl methyl sites for hydroxylation is 1. The maximum atomic E-state index is 12.1. The molecule has 0 aliphatic heterocycles. The maximum Gasteiger partial charge on any atom is 0.272 e. The number of carbonyl (C=O) groups is 1. The lowest BCUT2D eigenvalue weighted by atomic mass is 10.1. The molecule has 0 aliphatic rings. The van der Waals surface area contributed by atoms with Crippen molar-refractivity contribution in [2.75, 3.05) is 6.61 Å². The molecule has 0 aromatic heterocycles. The first kappa shape index (κ1) is 18.3. The number of amides is 1. The van der Waals surface area contributed by atoms with Crippen LogP contribution in [-0.2, 0) is 0 Å². The van der Waals surface area contributed by atoms with Crippen molar-refractivity contribution in [2.45, 2.75) is 13.8 Å². The summed E-state index contributed by atoms with van der Waals surface area (Å²) in [5.74, 6) is -0.0393. The minimum Gasteiger partial charge on any atom is -0.504 e. The molecule has 2 rings (SSSR count). The number of ether oxygens (including phenoxy) is 1. The standard InChI is InChI=1S/C17H16BrClN2O3/c1-3-24-16-7-11(13(18)8-15(16)22)9-20-21-17(23)12-5-4-10(2)6-14(12)19/h4-9,22H,3H2,1-2H3,(H,21,23)/b20-9-. The van der Waals surface area contributed by atoms with Crippen LogP contribution in [-0.4, -0.2) is 23.8 Å². The van der Waals surface area contributed by atoms with Crippen LogP contribution in [0.2, 0.25) is 5.02 Å². The van der Waals surface area contributed by atoms with Crippen molar-refractivity contribution in [3.8, 4) is 11.5 Å². The zero-order valence-corrected chi connectivity index (χ0v) is 15.5. The molecule has 0 fully saturated rings. The van der Waals surface area contributed by atoms with Gasteiger partial charge in [0.05, 0.1) is 23.4 Å². The van der Waals surface area contributed by atoms with Crippen molar-refractivity contribution >= 4 is 39.7 Å². The Bertz CT molecular complexity index is 794. The molecule has 0 saturated heterocycles. The van der Waals surface area contributed by atoms with Gasteiger partial charge in [-0.1, -0.05) is 17.7 Å². The fraction of sp³-hybridized carbons (Fsp3) is 0.176. The molecule has 0 unspecified atom stereocenters. The van der Waals surface area contributed by atoms with Gasteiger partial charge in [0, 0.05) is 10.0 Å². The van der Waals surface area contributed by atoms with Crippen LogP contribution in [0.25, 0.3) is 0 Å². The minimum absolute atomic E-state index is 0.0244. The highest BCUT2D eigenvalue weighted by molar-refractivity contribution is 9.10. The van der Waals surface area contributed by atoms with Crippen molar-refractivity contribution < 1.29 is 14.6 Å². The molecule has 5 nitrogen and oxygen atoms in total. The molecule has 1 amide bonds. The zero-order chi connectivity index (χ0) is 17.7. The maximum absolute atomic E-state index is 12.1. The largest absolute Gasteiger partial charge is 0.504 e. The first-order valence-corrected chi connectivity index (χ1v) is 8.34. The van der Waals surface area contributed by atoms with Crippen LogP contribution in [0.3, 0.4) is 0 Å². The van der Waals surface area contributed by atoms with E-state index in [9.17, 15) is 9.90 Å². The molecule has 0 aliphatic carbocycles. The number of carbonyl (C=O) groups excluding carboxylic acids is 1. The number of halogens is 2. The zero-order valence-electron chi connectivity index (χ0n) is 13.1. The summed E-state index contributed by atoms with van der Waals surface area (Å²) < 4.78 is 5.94. The van der Waals surface area contributed by atoms with Gasteiger partial charge in [-0.2, -0.15) is 5.10 Å². The van der Waals surface area contributed by atoms with Crippen LogP contribution >= 0.6 is 27.5 Å². The topological polar surface area (TPSA) is 70.9 Å². The van der Waals surface area contributed by atoms with Crippen molar-refractivity contribution in [1.82, 2.24) is 5.43 Å². The van der Waals surface area contributed by atoms with Crippen molar-refractivity contribution in [1.29, 1.82) is 0 Å². The van der Waals surface area contributed by atoms with Crippen LogP contribution in [0.15, 0.2) is 39.9 Å². The number of benzene rings is 2. The number of rotatable bonds is 5. The summed E-state index contributed by atoms with van der Waals surface area (Å²) in [7, 11) is 0. The molecule has 2 aromatic rings.